The van der Waals surface area contributed by atoms with Gasteiger partial charge < -0.3 is 11.1 Å². The maximum Gasteiger partial charge on any atom is 0.220 e. The van der Waals surface area contributed by atoms with Crippen molar-refractivity contribution in [2.24, 2.45) is 5.73 Å². The Labute approximate surface area is 125 Å². The van der Waals surface area contributed by atoms with Gasteiger partial charge in [0.25, 0.3) is 0 Å². The van der Waals surface area contributed by atoms with Crippen molar-refractivity contribution in [1.29, 1.82) is 0 Å². The highest BCUT2D eigenvalue weighted by atomic mass is 32.1. The van der Waals surface area contributed by atoms with Gasteiger partial charge in [0, 0.05) is 23.9 Å². The summed E-state index contributed by atoms with van der Waals surface area (Å²) >= 11 is 1.77. The average Bonchev–Trinajstić information content (AvgIpc) is 3.09. The molecule has 5 heteroatoms. The van der Waals surface area contributed by atoms with Crippen molar-refractivity contribution in [3.63, 3.8) is 0 Å². The number of nitrogens with one attached hydrogen (secondary N) is 1. The van der Waals surface area contributed by atoms with Crippen LogP contribution < -0.4 is 11.1 Å². The third kappa shape index (κ3) is 4.58. The van der Waals surface area contributed by atoms with Gasteiger partial charge in [0.15, 0.2) is 0 Å². The highest BCUT2D eigenvalue weighted by Gasteiger charge is 2.24. The lowest BCUT2D eigenvalue weighted by molar-refractivity contribution is -0.121. The fourth-order valence-corrected chi connectivity index (χ4v) is 3.46. The predicted molar refractivity (Wildman–Crippen MR) is 83.8 cm³/mol. The lowest BCUT2D eigenvalue weighted by atomic mass is 10.1. The molecule has 1 aromatic heterocycles. The van der Waals surface area contributed by atoms with E-state index in [4.69, 9.17) is 5.73 Å². The molecule has 2 atom stereocenters. The van der Waals surface area contributed by atoms with E-state index in [1.807, 2.05) is 6.92 Å². The zero-order valence-corrected chi connectivity index (χ0v) is 13.0. The fourth-order valence-electron chi connectivity index (χ4n) is 2.60. The number of rotatable bonds is 7. The molecule has 1 saturated heterocycles. The average molecular weight is 295 g/mol. The lowest BCUT2D eigenvalue weighted by Crippen LogP contribution is -2.36. The van der Waals surface area contributed by atoms with Crippen molar-refractivity contribution in [2.45, 2.75) is 44.7 Å². The summed E-state index contributed by atoms with van der Waals surface area (Å²) in [5.41, 5.74) is 5.69. The molecule has 0 spiro atoms. The number of hydrogen-bond acceptors (Lipinski definition) is 4. The molecule has 1 amide bonds. The van der Waals surface area contributed by atoms with E-state index in [0.717, 1.165) is 19.5 Å². The zero-order chi connectivity index (χ0) is 14.4. The minimum absolute atomic E-state index is 0.0902. The van der Waals surface area contributed by atoms with Crippen LogP contribution in [0.5, 0.6) is 0 Å². The van der Waals surface area contributed by atoms with Crippen LogP contribution in [0.15, 0.2) is 17.5 Å². The molecule has 2 rings (SSSR count). The minimum atomic E-state index is 0.0902. The van der Waals surface area contributed by atoms with Gasteiger partial charge in [-0.15, -0.1) is 11.3 Å². The second-order valence-corrected chi connectivity index (χ2v) is 6.57. The van der Waals surface area contributed by atoms with Crippen LogP contribution in [0.4, 0.5) is 0 Å². The molecule has 20 heavy (non-hydrogen) atoms. The van der Waals surface area contributed by atoms with E-state index in [1.54, 1.807) is 11.3 Å². The van der Waals surface area contributed by atoms with E-state index in [1.165, 1.54) is 17.7 Å². The van der Waals surface area contributed by atoms with E-state index in [2.05, 4.69) is 27.7 Å². The van der Waals surface area contributed by atoms with Crippen LogP contribution in [0.3, 0.4) is 0 Å². The maximum absolute atomic E-state index is 11.9. The first-order valence-electron chi connectivity index (χ1n) is 7.46. The van der Waals surface area contributed by atoms with Gasteiger partial charge in [-0.3, -0.25) is 9.69 Å². The second-order valence-electron chi connectivity index (χ2n) is 5.59. The summed E-state index contributed by atoms with van der Waals surface area (Å²) in [5.74, 6) is 0.114. The quantitative estimate of drug-likeness (QED) is 0.810. The smallest absolute Gasteiger partial charge is 0.220 e. The number of carbonyl (C=O) groups is 1. The van der Waals surface area contributed by atoms with Crippen molar-refractivity contribution in [2.75, 3.05) is 19.6 Å². The lowest BCUT2D eigenvalue weighted by Gasteiger charge is -2.27. The van der Waals surface area contributed by atoms with E-state index < -0.39 is 0 Å². The third-order valence-electron chi connectivity index (χ3n) is 3.77. The van der Waals surface area contributed by atoms with Gasteiger partial charge in [-0.25, -0.2) is 0 Å². The molecule has 1 aromatic rings. The maximum atomic E-state index is 11.9. The van der Waals surface area contributed by atoms with E-state index in [-0.39, 0.29) is 11.9 Å². The first kappa shape index (κ1) is 15.5. The summed E-state index contributed by atoms with van der Waals surface area (Å²) in [6.45, 7) is 4.92. The largest absolute Gasteiger partial charge is 0.354 e. The van der Waals surface area contributed by atoms with Gasteiger partial charge in [-0.1, -0.05) is 6.07 Å². The van der Waals surface area contributed by atoms with Gasteiger partial charge >= 0.3 is 0 Å². The van der Waals surface area contributed by atoms with Crippen LogP contribution in [0.2, 0.25) is 0 Å². The van der Waals surface area contributed by atoms with Crippen LogP contribution in [0.1, 0.15) is 43.5 Å². The Hall–Kier alpha value is -0.910. The third-order valence-corrected chi connectivity index (χ3v) is 4.75. The molecule has 1 fully saturated rings. The molecular formula is C15H25N3OS. The highest BCUT2D eigenvalue weighted by molar-refractivity contribution is 7.10. The second kappa shape index (κ2) is 7.76. The summed E-state index contributed by atoms with van der Waals surface area (Å²) < 4.78 is 0. The predicted octanol–water partition coefficient (Wildman–Crippen LogP) is 2.13. The normalized spacial score (nSPS) is 18.9. The van der Waals surface area contributed by atoms with Gasteiger partial charge in [-0.2, -0.15) is 0 Å². The van der Waals surface area contributed by atoms with Gasteiger partial charge in [0.1, 0.15) is 0 Å². The number of amides is 1. The topological polar surface area (TPSA) is 58.4 Å². The van der Waals surface area contributed by atoms with Crippen LogP contribution in [0.25, 0.3) is 0 Å². The summed E-state index contributed by atoms with van der Waals surface area (Å²) in [6, 6.07) is 4.67. The van der Waals surface area contributed by atoms with E-state index in [9.17, 15) is 4.79 Å². The Morgan fingerprint density at radius 2 is 2.25 bits per heavy atom. The molecule has 1 aliphatic rings. The van der Waals surface area contributed by atoms with Gasteiger partial charge in [0.05, 0.1) is 6.04 Å². The standard InChI is InChI=1S/C15H25N3OS/c1-12(16)6-7-15(19)17-11-13(14-5-4-10-20-14)18-8-2-3-9-18/h4-5,10,12-13H,2-3,6-9,11,16H2,1H3,(H,17,19). The summed E-state index contributed by atoms with van der Waals surface area (Å²) in [4.78, 5) is 15.7. The van der Waals surface area contributed by atoms with Crippen LogP contribution in [-0.4, -0.2) is 36.5 Å². The first-order chi connectivity index (χ1) is 9.66. The summed E-state index contributed by atoms with van der Waals surface area (Å²) in [5, 5.41) is 5.18. The van der Waals surface area contributed by atoms with Crippen molar-refractivity contribution in [3.8, 4) is 0 Å². The molecule has 1 aliphatic heterocycles. The Bertz CT molecular complexity index is 399. The molecule has 0 radical (unpaired) electrons. The molecule has 112 valence electrons. The van der Waals surface area contributed by atoms with Crippen molar-refractivity contribution in [3.05, 3.63) is 22.4 Å². The number of hydrogen-bond donors (Lipinski definition) is 2. The molecule has 0 aromatic carbocycles. The number of likely N-dealkylation sites (tertiary alicyclic amines) is 1. The van der Waals surface area contributed by atoms with Crippen LogP contribution in [0, 0.1) is 0 Å². The SMILES string of the molecule is CC(N)CCC(=O)NCC(c1cccs1)N1CCCC1. The monoisotopic (exact) mass is 295 g/mol. The van der Waals surface area contributed by atoms with Crippen molar-refractivity contribution >= 4 is 17.2 Å². The van der Waals surface area contributed by atoms with Gasteiger partial charge in [0.2, 0.25) is 5.91 Å². The van der Waals surface area contributed by atoms with E-state index >= 15 is 0 Å². The van der Waals surface area contributed by atoms with Crippen molar-refractivity contribution < 1.29 is 4.79 Å². The highest BCUT2D eigenvalue weighted by Crippen LogP contribution is 2.27. The number of carbonyl (C=O) groups excluding carboxylic acids is 1. The summed E-state index contributed by atoms with van der Waals surface area (Å²) in [7, 11) is 0. The Balaban J connectivity index is 1.86. The Morgan fingerprint density at radius 1 is 1.50 bits per heavy atom. The molecular weight excluding hydrogens is 270 g/mol. The summed E-state index contributed by atoms with van der Waals surface area (Å²) in [6.07, 6.45) is 3.80. The van der Waals surface area contributed by atoms with Crippen molar-refractivity contribution in [1.82, 2.24) is 10.2 Å². The first-order valence-corrected chi connectivity index (χ1v) is 8.34. The molecule has 2 unspecified atom stereocenters. The molecule has 2 heterocycles. The van der Waals surface area contributed by atoms with Crippen LogP contribution in [-0.2, 0) is 4.79 Å². The molecule has 0 saturated carbocycles. The number of nitrogens with two attached hydrogens (primary N) is 1. The Kier molecular flexibility index (Phi) is 6.01. The molecule has 3 N–H and O–H groups in total. The Morgan fingerprint density at radius 3 is 2.85 bits per heavy atom. The van der Waals surface area contributed by atoms with Crippen LogP contribution >= 0.6 is 11.3 Å². The number of thiophene rings is 1. The molecule has 4 nitrogen and oxygen atoms in total. The van der Waals surface area contributed by atoms with Gasteiger partial charge in [-0.05, 0) is 50.7 Å². The molecule has 0 aliphatic carbocycles. The number of nitrogens with zero attached hydrogens (tertiary/aromatic N) is 1. The molecule has 0 bridgehead atoms. The minimum Gasteiger partial charge on any atom is -0.354 e. The zero-order valence-electron chi connectivity index (χ0n) is 12.2. The fraction of sp³-hybridized carbons (Fsp3) is 0.667. The van der Waals surface area contributed by atoms with E-state index in [0.29, 0.717) is 19.0 Å².